The predicted octanol–water partition coefficient (Wildman–Crippen LogP) is 2.90. The molecule has 1 aromatic carbocycles. The molecule has 0 aliphatic carbocycles. The number of hydrogen-bond acceptors (Lipinski definition) is 2. The first-order chi connectivity index (χ1) is 7.69. The summed E-state index contributed by atoms with van der Waals surface area (Å²) in [7, 11) is 2.45. The third kappa shape index (κ3) is 3.48. The van der Waals surface area contributed by atoms with Gasteiger partial charge in [0.05, 0.1) is 0 Å². The van der Waals surface area contributed by atoms with Crippen LogP contribution >= 0.6 is 9.39 Å². The van der Waals surface area contributed by atoms with Crippen LogP contribution in [-0.4, -0.2) is 11.7 Å². The molecule has 1 atom stereocenters. The van der Waals surface area contributed by atoms with Crippen molar-refractivity contribution in [1.82, 2.24) is 5.09 Å². The molecule has 0 aliphatic rings. The first-order valence-electron chi connectivity index (χ1n) is 5.24. The maximum absolute atomic E-state index is 9.85. The Hall–Kier alpha value is -1.11. The van der Waals surface area contributed by atoms with E-state index in [4.69, 9.17) is 0 Å². The van der Waals surface area contributed by atoms with Gasteiger partial charge in [-0.3, -0.25) is 0 Å². The Balaban J connectivity index is 2.90. The summed E-state index contributed by atoms with van der Waals surface area (Å²) in [5.74, 6) is 0.356. The van der Waals surface area contributed by atoms with Crippen LogP contribution in [0.4, 0.5) is 0 Å². The number of phenols is 1. The van der Waals surface area contributed by atoms with Crippen LogP contribution in [0.3, 0.4) is 0 Å². The Morgan fingerprint density at radius 1 is 1.56 bits per heavy atom. The molecule has 0 amide bonds. The lowest BCUT2D eigenvalue weighted by atomic mass is 10.0. The predicted molar refractivity (Wildman–Crippen MR) is 73.4 cm³/mol. The average molecular weight is 235 g/mol. The summed E-state index contributed by atoms with van der Waals surface area (Å²) >= 11 is 0. The second-order valence-corrected chi connectivity index (χ2v) is 4.04. The normalized spacial score (nSPS) is 11.5. The largest absolute Gasteiger partial charge is 0.508 e. The molecule has 2 N–H and O–H groups in total. The molecular weight excluding hydrogens is 217 g/mol. The molecule has 3 heteroatoms. The van der Waals surface area contributed by atoms with E-state index in [-0.39, 0.29) is 0 Å². The molecule has 0 saturated carbocycles. The van der Waals surface area contributed by atoms with Gasteiger partial charge < -0.3 is 10.2 Å². The molecule has 1 rings (SSSR count). The molecule has 0 aliphatic heterocycles. The quantitative estimate of drug-likeness (QED) is 0.607. The van der Waals surface area contributed by atoms with Crippen molar-refractivity contribution < 1.29 is 5.11 Å². The molecule has 0 heterocycles. The van der Waals surface area contributed by atoms with Crippen LogP contribution < -0.4 is 5.09 Å². The van der Waals surface area contributed by atoms with Crippen LogP contribution in [-0.2, 0) is 6.42 Å². The molecule has 2 nitrogen and oxygen atoms in total. The molecule has 86 valence electrons. The lowest BCUT2D eigenvalue weighted by molar-refractivity contribution is 0.468. The summed E-state index contributed by atoms with van der Waals surface area (Å²) in [5, 5.41) is 12.8. The number of benzene rings is 1. The van der Waals surface area contributed by atoms with E-state index < -0.39 is 0 Å². The highest BCUT2D eigenvalue weighted by molar-refractivity contribution is 7.13. The Bertz CT molecular complexity index is 399. The van der Waals surface area contributed by atoms with Crippen molar-refractivity contribution in [3.8, 4) is 5.75 Å². The zero-order valence-corrected chi connectivity index (χ0v) is 10.7. The average Bonchev–Trinajstić information content (AvgIpc) is 2.27. The first kappa shape index (κ1) is 13.0. The van der Waals surface area contributed by atoms with Crippen LogP contribution in [0.25, 0.3) is 5.57 Å². The number of hydrogen-bond donors (Lipinski definition) is 2. The van der Waals surface area contributed by atoms with Gasteiger partial charge in [-0.05, 0) is 36.1 Å². The summed E-state index contributed by atoms with van der Waals surface area (Å²) in [5.41, 5.74) is 3.09. The highest BCUT2D eigenvalue weighted by atomic mass is 31.0. The number of nitrogens with one attached hydrogen (secondary N) is 1. The fourth-order valence-corrected chi connectivity index (χ4v) is 1.64. The van der Waals surface area contributed by atoms with Gasteiger partial charge in [-0.2, -0.15) is 0 Å². The SMILES string of the molecule is C=C/C=C(\C)c1ccc(CCNP)c(O)c1. The van der Waals surface area contributed by atoms with E-state index >= 15 is 0 Å². The van der Waals surface area contributed by atoms with Gasteiger partial charge in [0.25, 0.3) is 0 Å². The van der Waals surface area contributed by atoms with E-state index in [0.717, 1.165) is 29.7 Å². The van der Waals surface area contributed by atoms with E-state index in [1.54, 1.807) is 12.1 Å². The highest BCUT2D eigenvalue weighted by Crippen LogP contribution is 2.23. The lowest BCUT2D eigenvalue weighted by Crippen LogP contribution is -2.03. The maximum Gasteiger partial charge on any atom is 0.119 e. The Labute approximate surface area is 99.3 Å². The van der Waals surface area contributed by atoms with Gasteiger partial charge in [0.1, 0.15) is 5.75 Å². The number of rotatable bonds is 5. The molecule has 0 spiro atoms. The number of aromatic hydroxyl groups is 1. The van der Waals surface area contributed by atoms with Crippen LogP contribution in [0.1, 0.15) is 18.1 Å². The monoisotopic (exact) mass is 235 g/mol. The van der Waals surface area contributed by atoms with Crippen molar-refractivity contribution in [2.24, 2.45) is 0 Å². The molecule has 0 aromatic heterocycles. The zero-order chi connectivity index (χ0) is 12.0. The first-order valence-corrected chi connectivity index (χ1v) is 5.82. The second-order valence-electron chi connectivity index (χ2n) is 3.63. The highest BCUT2D eigenvalue weighted by Gasteiger charge is 2.03. The fraction of sp³-hybridized carbons (Fsp3) is 0.231. The second kappa shape index (κ2) is 6.47. The molecule has 0 radical (unpaired) electrons. The Morgan fingerprint density at radius 2 is 2.31 bits per heavy atom. The van der Waals surface area contributed by atoms with Gasteiger partial charge in [0.2, 0.25) is 0 Å². The third-order valence-corrected chi connectivity index (χ3v) is 2.74. The minimum absolute atomic E-state index is 0.356. The van der Waals surface area contributed by atoms with E-state index in [1.165, 1.54) is 0 Å². The molecular formula is C13H18NOP. The van der Waals surface area contributed by atoms with Crippen molar-refractivity contribution in [2.45, 2.75) is 13.3 Å². The Morgan fingerprint density at radius 3 is 2.88 bits per heavy atom. The standard InChI is InChI=1S/C13H18NOP/c1-3-4-10(2)12-6-5-11(7-8-14-16)13(15)9-12/h3-6,9,14-15H,1,7-8,16H2,2H3/b10-4+. The van der Waals surface area contributed by atoms with Crippen LogP contribution in [0, 0.1) is 0 Å². The summed E-state index contributed by atoms with van der Waals surface area (Å²) in [6, 6.07) is 5.79. The molecule has 16 heavy (non-hydrogen) atoms. The molecule has 1 unspecified atom stereocenters. The van der Waals surface area contributed by atoms with Gasteiger partial charge in [0.15, 0.2) is 0 Å². The van der Waals surface area contributed by atoms with Gasteiger partial charge in [-0.1, -0.05) is 40.3 Å². The fourth-order valence-electron chi connectivity index (χ4n) is 1.50. The third-order valence-electron chi connectivity index (χ3n) is 2.45. The van der Waals surface area contributed by atoms with Crippen LogP contribution in [0.5, 0.6) is 5.75 Å². The summed E-state index contributed by atoms with van der Waals surface area (Å²) in [4.78, 5) is 0. The van der Waals surface area contributed by atoms with Gasteiger partial charge >= 0.3 is 0 Å². The van der Waals surface area contributed by atoms with Gasteiger partial charge in [-0.25, -0.2) is 0 Å². The molecule has 1 aromatic rings. The maximum atomic E-state index is 9.85. The van der Waals surface area contributed by atoms with Gasteiger partial charge in [0, 0.05) is 6.54 Å². The van der Waals surface area contributed by atoms with Crippen molar-refractivity contribution in [2.75, 3.05) is 6.54 Å². The Kier molecular flexibility index (Phi) is 5.24. The minimum atomic E-state index is 0.356. The number of allylic oxidation sites excluding steroid dienone is 3. The molecule has 0 saturated heterocycles. The van der Waals surface area contributed by atoms with Crippen molar-refractivity contribution in [3.05, 3.63) is 48.1 Å². The van der Waals surface area contributed by atoms with E-state index in [2.05, 4.69) is 21.1 Å². The lowest BCUT2D eigenvalue weighted by Gasteiger charge is -2.07. The minimum Gasteiger partial charge on any atom is -0.508 e. The summed E-state index contributed by atoms with van der Waals surface area (Å²) in [6.07, 6.45) is 4.50. The van der Waals surface area contributed by atoms with E-state index in [9.17, 15) is 5.11 Å². The zero-order valence-electron chi connectivity index (χ0n) is 9.53. The van der Waals surface area contributed by atoms with Crippen molar-refractivity contribution in [3.63, 3.8) is 0 Å². The topological polar surface area (TPSA) is 32.3 Å². The van der Waals surface area contributed by atoms with Gasteiger partial charge in [-0.15, -0.1) is 0 Å². The summed E-state index contributed by atoms with van der Waals surface area (Å²) < 4.78 is 0. The van der Waals surface area contributed by atoms with E-state index in [0.29, 0.717) is 5.75 Å². The molecule has 0 fully saturated rings. The van der Waals surface area contributed by atoms with Crippen LogP contribution in [0.15, 0.2) is 36.9 Å². The van der Waals surface area contributed by atoms with Crippen molar-refractivity contribution in [1.29, 1.82) is 0 Å². The summed E-state index contributed by atoms with van der Waals surface area (Å²) in [6.45, 7) is 6.49. The van der Waals surface area contributed by atoms with E-state index in [1.807, 2.05) is 25.1 Å². The molecule has 0 bridgehead atoms. The number of phenolic OH excluding ortho intramolecular Hbond substituents is 1. The van der Waals surface area contributed by atoms with Crippen molar-refractivity contribution >= 4 is 15.0 Å². The van der Waals surface area contributed by atoms with Crippen LogP contribution in [0.2, 0.25) is 0 Å². The smallest absolute Gasteiger partial charge is 0.119 e.